The molecule has 0 N–H and O–H groups in total. The van der Waals surface area contributed by atoms with Crippen molar-refractivity contribution in [2.75, 3.05) is 13.4 Å². The van der Waals surface area contributed by atoms with Gasteiger partial charge in [-0.25, -0.2) is 0 Å². The Morgan fingerprint density at radius 1 is 0.947 bits per heavy atom. The molecule has 0 aromatic rings. The van der Waals surface area contributed by atoms with Gasteiger partial charge in [0.25, 0.3) is 0 Å². The fraction of sp³-hybridized carbons (Fsp3) is 1.00. The van der Waals surface area contributed by atoms with E-state index in [9.17, 15) is 0 Å². The third kappa shape index (κ3) is 16.1. The molecule has 0 rings (SSSR count). The molecular weight excluding hydrogens is 252 g/mol. The van der Waals surface area contributed by atoms with Crippen molar-refractivity contribution in [1.29, 1.82) is 0 Å². The van der Waals surface area contributed by atoms with Gasteiger partial charge in [0.1, 0.15) is 6.79 Å². The Morgan fingerprint density at radius 2 is 1.58 bits per heavy atom. The first kappa shape index (κ1) is 19.1. The topological polar surface area (TPSA) is 18.5 Å². The Labute approximate surface area is 122 Å². The van der Waals surface area contributed by atoms with E-state index < -0.39 is 8.07 Å². The lowest BCUT2D eigenvalue weighted by Crippen LogP contribution is -2.22. The van der Waals surface area contributed by atoms with Crippen molar-refractivity contribution < 1.29 is 9.47 Å². The maximum atomic E-state index is 5.68. The summed E-state index contributed by atoms with van der Waals surface area (Å²) in [5, 5.41) is 0. The normalized spacial score (nSPS) is 13.7. The van der Waals surface area contributed by atoms with Crippen LogP contribution in [0, 0.1) is 0 Å². The second-order valence-corrected chi connectivity index (χ2v) is 12.5. The minimum atomic E-state index is -0.952. The average Bonchev–Trinajstić information content (AvgIpc) is 2.31. The summed E-state index contributed by atoms with van der Waals surface area (Å²) >= 11 is 0. The number of unbranched alkanes of at least 4 members (excludes halogenated alkanes) is 5. The molecule has 0 aliphatic carbocycles. The van der Waals surface area contributed by atoms with Gasteiger partial charge < -0.3 is 9.47 Å². The van der Waals surface area contributed by atoms with E-state index >= 15 is 0 Å². The molecule has 0 fully saturated rings. The zero-order valence-corrected chi connectivity index (χ0v) is 15.0. The number of hydrogen-bond donors (Lipinski definition) is 0. The van der Waals surface area contributed by atoms with Gasteiger partial charge in [-0.1, -0.05) is 65.1 Å². The number of hydrogen-bond acceptors (Lipinski definition) is 2. The van der Waals surface area contributed by atoms with Crippen molar-refractivity contribution in [2.24, 2.45) is 0 Å². The second kappa shape index (κ2) is 11.9. The van der Waals surface area contributed by atoms with Crippen LogP contribution < -0.4 is 0 Å². The fourth-order valence-electron chi connectivity index (χ4n) is 1.90. The molecule has 2 nitrogen and oxygen atoms in total. The smallest absolute Gasteiger partial charge is 0.147 e. The van der Waals surface area contributed by atoms with E-state index in [1.807, 2.05) is 0 Å². The molecule has 0 aliphatic rings. The Morgan fingerprint density at radius 3 is 2.21 bits per heavy atom. The molecule has 0 aromatic carbocycles. The first-order chi connectivity index (χ1) is 8.95. The summed E-state index contributed by atoms with van der Waals surface area (Å²) in [7, 11) is -0.952. The molecule has 0 aromatic heterocycles. The van der Waals surface area contributed by atoms with Gasteiger partial charge in [-0.05, 0) is 19.4 Å². The van der Waals surface area contributed by atoms with Crippen LogP contribution in [0.3, 0.4) is 0 Å². The summed E-state index contributed by atoms with van der Waals surface area (Å²) in [5.41, 5.74) is 0. The van der Waals surface area contributed by atoms with Gasteiger partial charge in [0.05, 0.1) is 6.10 Å². The van der Waals surface area contributed by atoms with Crippen LogP contribution >= 0.6 is 0 Å². The third-order valence-corrected chi connectivity index (χ3v) is 5.10. The zero-order valence-electron chi connectivity index (χ0n) is 14.0. The summed E-state index contributed by atoms with van der Waals surface area (Å²) in [6.45, 7) is 12.9. The highest BCUT2D eigenvalue weighted by atomic mass is 28.3. The van der Waals surface area contributed by atoms with Crippen molar-refractivity contribution in [2.45, 2.75) is 90.6 Å². The van der Waals surface area contributed by atoms with E-state index in [2.05, 4.69) is 33.5 Å². The lowest BCUT2D eigenvalue weighted by atomic mass is 10.1. The van der Waals surface area contributed by atoms with Crippen molar-refractivity contribution in [1.82, 2.24) is 0 Å². The van der Waals surface area contributed by atoms with E-state index in [0.29, 0.717) is 12.9 Å². The van der Waals surface area contributed by atoms with Crippen molar-refractivity contribution in [3.63, 3.8) is 0 Å². The van der Waals surface area contributed by atoms with Crippen molar-refractivity contribution >= 4 is 8.07 Å². The van der Waals surface area contributed by atoms with Gasteiger partial charge in [0.2, 0.25) is 0 Å². The van der Waals surface area contributed by atoms with Crippen LogP contribution in [-0.2, 0) is 9.47 Å². The highest BCUT2D eigenvalue weighted by Gasteiger charge is 2.12. The maximum absolute atomic E-state index is 5.68. The van der Waals surface area contributed by atoms with Crippen LogP contribution in [0.25, 0.3) is 0 Å². The second-order valence-electron chi connectivity index (χ2n) is 6.87. The molecule has 0 spiro atoms. The van der Waals surface area contributed by atoms with Crippen molar-refractivity contribution in [3.05, 3.63) is 0 Å². The molecular formula is C16H36O2Si. The Kier molecular flexibility index (Phi) is 12.0. The van der Waals surface area contributed by atoms with Crippen molar-refractivity contribution in [3.8, 4) is 0 Å². The first-order valence-electron chi connectivity index (χ1n) is 8.15. The SMILES string of the molecule is CCCCCCCCC(C)OCOCC[Si](C)(C)C. The lowest BCUT2D eigenvalue weighted by Gasteiger charge is -2.17. The standard InChI is InChI=1S/C16H36O2Si/c1-6-7-8-9-10-11-12-16(2)18-15-17-13-14-19(3,4)5/h16H,6-15H2,1-5H3. The average molecular weight is 289 g/mol. The lowest BCUT2D eigenvalue weighted by molar-refractivity contribution is -0.0828. The van der Waals surface area contributed by atoms with Crippen LogP contribution in [0.2, 0.25) is 25.7 Å². The molecule has 1 atom stereocenters. The van der Waals surface area contributed by atoms with Crippen LogP contribution in [0.1, 0.15) is 58.8 Å². The van der Waals surface area contributed by atoms with Crippen LogP contribution in [0.15, 0.2) is 0 Å². The van der Waals surface area contributed by atoms with E-state index in [0.717, 1.165) is 6.61 Å². The zero-order chi connectivity index (χ0) is 14.6. The van der Waals surface area contributed by atoms with Gasteiger partial charge in [-0.15, -0.1) is 0 Å². The van der Waals surface area contributed by atoms with Gasteiger partial charge in [-0.3, -0.25) is 0 Å². The van der Waals surface area contributed by atoms with Crippen LogP contribution in [0.4, 0.5) is 0 Å². The quantitative estimate of drug-likeness (QED) is 0.255. The highest BCUT2D eigenvalue weighted by Crippen LogP contribution is 2.11. The summed E-state index contributed by atoms with van der Waals surface area (Å²) in [5.74, 6) is 0. The van der Waals surface area contributed by atoms with E-state index in [1.54, 1.807) is 0 Å². The fourth-order valence-corrected chi connectivity index (χ4v) is 2.65. The van der Waals surface area contributed by atoms with E-state index in [1.165, 1.54) is 51.0 Å². The Bertz CT molecular complexity index is 190. The van der Waals surface area contributed by atoms with Gasteiger partial charge in [-0.2, -0.15) is 0 Å². The molecule has 0 radical (unpaired) electrons. The predicted octanol–water partition coefficient (Wildman–Crippen LogP) is 5.45. The summed E-state index contributed by atoms with van der Waals surface area (Å²) in [6, 6.07) is 1.22. The number of rotatable bonds is 13. The van der Waals surface area contributed by atoms with Crippen LogP contribution in [-0.4, -0.2) is 27.6 Å². The summed E-state index contributed by atoms with van der Waals surface area (Å²) in [6.07, 6.45) is 9.65. The Hall–Kier alpha value is 0.137. The third-order valence-electron chi connectivity index (χ3n) is 3.40. The molecule has 1 unspecified atom stereocenters. The van der Waals surface area contributed by atoms with Gasteiger partial charge in [0, 0.05) is 14.7 Å². The molecule has 19 heavy (non-hydrogen) atoms. The van der Waals surface area contributed by atoms with Gasteiger partial charge in [0.15, 0.2) is 0 Å². The monoisotopic (exact) mass is 288 g/mol. The maximum Gasteiger partial charge on any atom is 0.147 e. The highest BCUT2D eigenvalue weighted by molar-refractivity contribution is 6.76. The largest absolute Gasteiger partial charge is 0.356 e. The van der Waals surface area contributed by atoms with Gasteiger partial charge >= 0.3 is 0 Å². The molecule has 0 saturated carbocycles. The minimum absolute atomic E-state index is 0.345. The molecule has 116 valence electrons. The molecule has 0 amide bonds. The minimum Gasteiger partial charge on any atom is -0.356 e. The predicted molar refractivity (Wildman–Crippen MR) is 87.5 cm³/mol. The molecule has 0 saturated heterocycles. The van der Waals surface area contributed by atoms with E-state index in [-0.39, 0.29) is 0 Å². The summed E-state index contributed by atoms with van der Waals surface area (Å²) < 4.78 is 11.2. The summed E-state index contributed by atoms with van der Waals surface area (Å²) in [4.78, 5) is 0. The molecule has 0 heterocycles. The molecule has 0 bridgehead atoms. The Balaban J connectivity index is 3.23. The molecule has 3 heteroatoms. The molecule has 0 aliphatic heterocycles. The first-order valence-corrected chi connectivity index (χ1v) is 11.9. The van der Waals surface area contributed by atoms with E-state index in [4.69, 9.17) is 9.47 Å². The van der Waals surface area contributed by atoms with Crippen LogP contribution in [0.5, 0.6) is 0 Å². The number of ether oxygens (including phenoxy) is 2.